The van der Waals surface area contributed by atoms with Gasteiger partial charge in [0.1, 0.15) is 22.8 Å². The zero-order chi connectivity index (χ0) is 38.9. The number of piperazine rings is 1. The molecule has 6 heterocycles. The summed E-state index contributed by atoms with van der Waals surface area (Å²) in [5.41, 5.74) is 12.8. The number of para-hydroxylation sites is 1. The summed E-state index contributed by atoms with van der Waals surface area (Å²) < 4.78 is 7.68. The van der Waals surface area contributed by atoms with E-state index in [9.17, 15) is 14.4 Å². The first-order valence-corrected chi connectivity index (χ1v) is 19.8. The van der Waals surface area contributed by atoms with E-state index in [4.69, 9.17) is 15.6 Å². The largest absolute Gasteiger partial charge is 0.439 e. The standard InChI is InChI=1S/C43H46N10O4/c44-41(55)39-40(31-6-13-38(45-27-31)57-35-4-2-1-3-5-35)48-53-21-16-30-26-34(11-12-36(30)46-42(39)53)51-24-22-49(23-25-51)28-29-14-18-50(19-15-29)32-7-9-33(10-8-32)52-20-17-37(54)47-43(52)56/h1-13,26-27,29,46H,14-25,28H2,(H2,44,55)(H,47,54,56). The number of pyridine rings is 1. The number of fused-ring (bicyclic) bond motifs is 2. The first-order valence-electron chi connectivity index (χ1n) is 19.8. The number of nitrogens with zero attached hydrogens (tertiary/aromatic N) is 7. The number of carbonyl (C=O) groups excluding carboxylic acids is 3. The van der Waals surface area contributed by atoms with Crippen LogP contribution in [0.25, 0.3) is 11.3 Å². The maximum absolute atomic E-state index is 12.9. The van der Waals surface area contributed by atoms with Gasteiger partial charge in [0.05, 0.1) is 0 Å². The lowest BCUT2D eigenvalue weighted by Gasteiger charge is -2.40. The number of benzene rings is 3. The Labute approximate surface area is 331 Å². The normalized spacial score (nSPS) is 17.6. The van der Waals surface area contributed by atoms with Gasteiger partial charge in [-0.1, -0.05) is 18.2 Å². The predicted molar refractivity (Wildman–Crippen MR) is 219 cm³/mol. The van der Waals surface area contributed by atoms with Gasteiger partial charge in [0.2, 0.25) is 11.8 Å². The Morgan fingerprint density at radius 2 is 1.51 bits per heavy atom. The van der Waals surface area contributed by atoms with E-state index in [0.29, 0.717) is 59.7 Å². The van der Waals surface area contributed by atoms with Crippen molar-refractivity contribution in [3.8, 4) is 22.9 Å². The number of rotatable bonds is 9. The number of urea groups is 1. The van der Waals surface area contributed by atoms with Crippen LogP contribution < -0.4 is 35.8 Å². The van der Waals surface area contributed by atoms with Crippen molar-refractivity contribution in [1.29, 1.82) is 0 Å². The Morgan fingerprint density at radius 1 is 0.772 bits per heavy atom. The average Bonchev–Trinajstić information content (AvgIpc) is 3.50. The molecule has 4 aliphatic rings. The van der Waals surface area contributed by atoms with Gasteiger partial charge in [-0.15, -0.1) is 0 Å². The molecule has 292 valence electrons. The number of nitrogens with one attached hydrogen (secondary N) is 2. The van der Waals surface area contributed by atoms with Crippen molar-refractivity contribution in [3.05, 3.63) is 102 Å². The molecule has 2 aromatic heterocycles. The Kier molecular flexibility index (Phi) is 9.93. The minimum absolute atomic E-state index is 0.220. The van der Waals surface area contributed by atoms with Crippen LogP contribution in [0.5, 0.6) is 11.6 Å². The molecule has 0 radical (unpaired) electrons. The molecule has 4 amide bonds. The number of hydrogen-bond donors (Lipinski definition) is 3. The van der Waals surface area contributed by atoms with Crippen LogP contribution in [-0.4, -0.2) is 89.9 Å². The van der Waals surface area contributed by atoms with E-state index in [-0.39, 0.29) is 11.9 Å². The lowest BCUT2D eigenvalue weighted by atomic mass is 9.95. The van der Waals surface area contributed by atoms with Gasteiger partial charge in [-0.3, -0.25) is 24.7 Å². The van der Waals surface area contributed by atoms with Gasteiger partial charge in [-0.2, -0.15) is 5.10 Å². The molecule has 3 fully saturated rings. The highest BCUT2D eigenvalue weighted by atomic mass is 16.5. The molecule has 3 saturated heterocycles. The van der Waals surface area contributed by atoms with Gasteiger partial charge in [-0.05, 0) is 91.4 Å². The third-order valence-electron chi connectivity index (χ3n) is 11.6. The zero-order valence-corrected chi connectivity index (χ0v) is 31.8. The number of carbonyl (C=O) groups is 3. The molecule has 9 rings (SSSR count). The van der Waals surface area contributed by atoms with Crippen molar-refractivity contribution in [2.45, 2.75) is 32.2 Å². The maximum Gasteiger partial charge on any atom is 0.328 e. The fourth-order valence-corrected chi connectivity index (χ4v) is 8.42. The predicted octanol–water partition coefficient (Wildman–Crippen LogP) is 5.62. The average molecular weight is 767 g/mol. The van der Waals surface area contributed by atoms with Gasteiger partial charge in [-0.25, -0.2) is 14.5 Å². The number of anilines is 5. The quantitative estimate of drug-likeness (QED) is 0.172. The monoisotopic (exact) mass is 766 g/mol. The first kappa shape index (κ1) is 36.2. The summed E-state index contributed by atoms with van der Waals surface area (Å²) >= 11 is 0. The fourth-order valence-electron chi connectivity index (χ4n) is 8.42. The minimum Gasteiger partial charge on any atom is -0.439 e. The summed E-state index contributed by atoms with van der Waals surface area (Å²) in [5.74, 6) is 1.62. The molecule has 4 N–H and O–H groups in total. The second kappa shape index (κ2) is 15.6. The number of hydrogen-bond acceptors (Lipinski definition) is 10. The number of piperidine rings is 1. The smallest absolute Gasteiger partial charge is 0.328 e. The van der Waals surface area contributed by atoms with Crippen LogP contribution in [0.1, 0.15) is 35.2 Å². The Balaban J connectivity index is 0.780. The molecule has 14 heteroatoms. The van der Waals surface area contributed by atoms with E-state index in [1.165, 1.54) is 16.9 Å². The van der Waals surface area contributed by atoms with Gasteiger partial charge >= 0.3 is 6.03 Å². The molecule has 0 unspecified atom stereocenters. The molecule has 4 aliphatic heterocycles. The highest BCUT2D eigenvalue weighted by molar-refractivity contribution is 6.06. The topological polar surface area (TPSA) is 154 Å². The fraction of sp³-hybridized carbons (Fsp3) is 0.326. The number of primary amides is 1. The van der Waals surface area contributed by atoms with Crippen LogP contribution >= 0.6 is 0 Å². The van der Waals surface area contributed by atoms with Crippen molar-refractivity contribution in [2.24, 2.45) is 11.7 Å². The molecule has 0 spiro atoms. The zero-order valence-electron chi connectivity index (χ0n) is 31.8. The van der Waals surface area contributed by atoms with Crippen LogP contribution in [-0.2, 0) is 17.8 Å². The second-order valence-electron chi connectivity index (χ2n) is 15.2. The number of amides is 4. The first-order chi connectivity index (χ1) is 27.8. The van der Waals surface area contributed by atoms with E-state index >= 15 is 0 Å². The van der Waals surface area contributed by atoms with E-state index in [1.807, 2.05) is 53.2 Å². The third-order valence-corrected chi connectivity index (χ3v) is 11.6. The molecular formula is C43H46N10O4. The number of nitrogens with two attached hydrogens (primary N) is 1. The van der Waals surface area contributed by atoms with E-state index in [2.05, 4.69) is 60.6 Å². The summed E-state index contributed by atoms with van der Waals surface area (Å²) in [6.07, 6.45) is 5.04. The maximum atomic E-state index is 12.9. The van der Waals surface area contributed by atoms with Gasteiger partial charge in [0.25, 0.3) is 5.91 Å². The number of aryl methyl sites for hydroxylation is 2. The number of ether oxygens (including phenoxy) is 1. The Morgan fingerprint density at radius 3 is 2.23 bits per heavy atom. The van der Waals surface area contributed by atoms with Crippen LogP contribution in [0, 0.1) is 5.92 Å². The van der Waals surface area contributed by atoms with Crippen molar-refractivity contribution >= 4 is 46.4 Å². The summed E-state index contributed by atoms with van der Waals surface area (Å²) in [6.45, 7) is 8.16. The van der Waals surface area contributed by atoms with Crippen molar-refractivity contribution in [2.75, 3.05) is 72.4 Å². The molecule has 0 bridgehead atoms. The SMILES string of the molecule is NC(=O)c1c(-c2ccc(Oc3ccccc3)nc2)nn2c1Nc1ccc(N3CCN(CC4CCN(c5ccc(N6CCC(=O)NC6=O)cc5)CC4)CC3)cc1CC2. The van der Waals surface area contributed by atoms with Crippen LogP contribution in [0.4, 0.5) is 33.4 Å². The number of aromatic nitrogens is 3. The van der Waals surface area contributed by atoms with Crippen molar-refractivity contribution in [1.82, 2.24) is 25.0 Å². The summed E-state index contributed by atoms with van der Waals surface area (Å²) in [6, 6.07) is 27.4. The van der Waals surface area contributed by atoms with E-state index in [1.54, 1.807) is 17.2 Å². The summed E-state index contributed by atoms with van der Waals surface area (Å²) in [4.78, 5) is 50.2. The molecule has 3 aromatic carbocycles. The third kappa shape index (κ3) is 7.72. The molecular weight excluding hydrogens is 721 g/mol. The molecule has 0 atom stereocenters. The molecule has 57 heavy (non-hydrogen) atoms. The number of imide groups is 1. The van der Waals surface area contributed by atoms with Gasteiger partial charge in [0.15, 0.2) is 0 Å². The lowest BCUT2D eigenvalue weighted by molar-refractivity contribution is -0.120. The Hall–Kier alpha value is -6.41. The molecule has 0 aliphatic carbocycles. The second-order valence-corrected chi connectivity index (χ2v) is 15.2. The molecule has 14 nitrogen and oxygen atoms in total. The molecule has 5 aromatic rings. The van der Waals surface area contributed by atoms with Gasteiger partial charge in [0, 0.05) is 106 Å². The van der Waals surface area contributed by atoms with Crippen molar-refractivity contribution < 1.29 is 19.1 Å². The minimum atomic E-state index is -0.552. The van der Waals surface area contributed by atoms with Crippen LogP contribution in [0.3, 0.4) is 0 Å². The van der Waals surface area contributed by atoms with Crippen molar-refractivity contribution in [3.63, 3.8) is 0 Å². The van der Waals surface area contributed by atoms with Crippen LogP contribution in [0.15, 0.2) is 91.1 Å². The summed E-state index contributed by atoms with van der Waals surface area (Å²) in [5, 5.41) is 10.7. The Bertz CT molecular complexity index is 2260. The van der Waals surface area contributed by atoms with Gasteiger partial charge < -0.3 is 25.6 Å². The van der Waals surface area contributed by atoms with E-state index in [0.717, 1.165) is 76.5 Å². The summed E-state index contributed by atoms with van der Waals surface area (Å²) in [7, 11) is 0. The lowest BCUT2D eigenvalue weighted by Crippen LogP contribution is -2.49. The molecule has 0 saturated carbocycles. The highest BCUT2D eigenvalue weighted by Gasteiger charge is 2.29. The van der Waals surface area contributed by atoms with E-state index < -0.39 is 5.91 Å². The highest BCUT2D eigenvalue weighted by Crippen LogP contribution is 2.36. The van der Waals surface area contributed by atoms with Crippen LogP contribution in [0.2, 0.25) is 0 Å².